The Labute approximate surface area is 188 Å². The van der Waals surface area contributed by atoms with E-state index < -0.39 is 0 Å². The summed E-state index contributed by atoms with van der Waals surface area (Å²) in [4.78, 5) is 14.5. The van der Waals surface area contributed by atoms with Gasteiger partial charge in [0.25, 0.3) is 0 Å². The maximum atomic E-state index is 5.02. The van der Waals surface area contributed by atoms with Gasteiger partial charge in [0.2, 0.25) is 0 Å². The van der Waals surface area contributed by atoms with E-state index in [4.69, 9.17) is 9.98 Å². The van der Waals surface area contributed by atoms with Crippen LogP contribution >= 0.6 is 0 Å². The lowest BCUT2D eigenvalue weighted by Crippen LogP contribution is -2.29. The SMILES string of the molecule is C=CC1=NC(C(=C)/N=C(\C)C=C)C(CCC(C)(/C=C\C)/N=C\C=C/C)c2ccccc21. The fourth-order valence-electron chi connectivity index (χ4n) is 3.95. The number of hydrogen-bond acceptors (Lipinski definition) is 3. The minimum Gasteiger partial charge on any atom is -0.283 e. The second-order valence-electron chi connectivity index (χ2n) is 8.01. The smallest absolute Gasteiger partial charge is 0.0989 e. The molecule has 0 N–H and O–H groups in total. The van der Waals surface area contributed by atoms with Gasteiger partial charge in [0.15, 0.2) is 0 Å². The van der Waals surface area contributed by atoms with E-state index in [1.54, 1.807) is 6.08 Å². The summed E-state index contributed by atoms with van der Waals surface area (Å²) in [7, 11) is 0. The van der Waals surface area contributed by atoms with Crippen LogP contribution in [0.3, 0.4) is 0 Å². The highest BCUT2D eigenvalue weighted by molar-refractivity contribution is 6.10. The molecular formula is C28H35N3. The van der Waals surface area contributed by atoms with Gasteiger partial charge in [-0.1, -0.05) is 62.2 Å². The lowest BCUT2D eigenvalue weighted by molar-refractivity contribution is 0.445. The summed E-state index contributed by atoms with van der Waals surface area (Å²) in [5.74, 6) is 0.162. The molecule has 0 radical (unpaired) electrons. The average molecular weight is 414 g/mol. The lowest BCUT2D eigenvalue weighted by Gasteiger charge is -2.33. The summed E-state index contributed by atoms with van der Waals surface area (Å²) < 4.78 is 0. The van der Waals surface area contributed by atoms with Crippen LogP contribution in [0.2, 0.25) is 0 Å². The molecule has 0 saturated heterocycles. The van der Waals surface area contributed by atoms with Crippen molar-refractivity contribution in [2.75, 3.05) is 0 Å². The van der Waals surface area contributed by atoms with E-state index in [1.807, 2.05) is 45.2 Å². The molecule has 0 fully saturated rings. The Kier molecular flexibility index (Phi) is 8.87. The first-order chi connectivity index (χ1) is 14.9. The van der Waals surface area contributed by atoms with E-state index in [0.29, 0.717) is 0 Å². The molecule has 1 aliphatic heterocycles. The third-order valence-electron chi connectivity index (χ3n) is 5.58. The molecule has 1 aliphatic rings. The summed E-state index contributed by atoms with van der Waals surface area (Å²) in [5.41, 5.74) is 4.62. The molecule has 0 aromatic heterocycles. The van der Waals surface area contributed by atoms with Crippen LogP contribution in [-0.2, 0) is 0 Å². The Morgan fingerprint density at radius 1 is 1.19 bits per heavy atom. The molecule has 3 unspecified atom stereocenters. The Balaban J connectivity index is 2.46. The Hall–Kier alpha value is -3.07. The molecule has 1 aromatic rings. The highest BCUT2D eigenvalue weighted by Gasteiger charge is 2.33. The quantitative estimate of drug-likeness (QED) is 0.291. The molecule has 31 heavy (non-hydrogen) atoms. The summed E-state index contributed by atoms with van der Waals surface area (Å²) >= 11 is 0. The highest BCUT2D eigenvalue weighted by Crippen LogP contribution is 2.39. The number of allylic oxidation sites excluding steroid dienone is 5. The number of nitrogens with zero attached hydrogens (tertiary/aromatic N) is 3. The van der Waals surface area contributed by atoms with Crippen molar-refractivity contribution in [3.8, 4) is 0 Å². The van der Waals surface area contributed by atoms with Crippen LogP contribution in [0.4, 0.5) is 0 Å². The van der Waals surface area contributed by atoms with Crippen molar-refractivity contribution in [3.63, 3.8) is 0 Å². The maximum absolute atomic E-state index is 5.02. The Bertz CT molecular complexity index is 958. The van der Waals surface area contributed by atoms with E-state index in [1.165, 1.54) is 5.56 Å². The molecule has 3 atom stereocenters. The molecule has 0 spiro atoms. The zero-order valence-corrected chi connectivity index (χ0v) is 19.4. The average Bonchev–Trinajstić information content (AvgIpc) is 2.77. The van der Waals surface area contributed by atoms with Gasteiger partial charge in [-0.25, -0.2) is 0 Å². The predicted octanol–water partition coefficient (Wildman–Crippen LogP) is 7.05. The molecular weight excluding hydrogens is 378 g/mol. The van der Waals surface area contributed by atoms with Gasteiger partial charge in [0.1, 0.15) is 0 Å². The zero-order valence-electron chi connectivity index (χ0n) is 19.4. The first-order valence-corrected chi connectivity index (χ1v) is 10.9. The second-order valence-corrected chi connectivity index (χ2v) is 8.01. The van der Waals surface area contributed by atoms with Crippen LogP contribution in [0.5, 0.6) is 0 Å². The van der Waals surface area contributed by atoms with E-state index in [0.717, 1.165) is 35.5 Å². The predicted molar refractivity (Wildman–Crippen MR) is 138 cm³/mol. The normalized spacial score (nSPS) is 21.2. The standard InChI is InChI=1S/C28H35N3/c1-8-12-20-29-28(7,18-9-2)19-17-25-23-15-13-14-16-24(23)26(11-4)31-27(25)22(6)30-21(5)10-3/h8-16,18,20,25,27H,3-4,6,17,19H2,1-2,5,7H3/b12-8-,18-9-,29-20-,30-21+. The highest BCUT2D eigenvalue weighted by atomic mass is 14.9. The molecule has 0 saturated carbocycles. The molecule has 3 heteroatoms. The van der Waals surface area contributed by atoms with Crippen molar-refractivity contribution in [3.05, 3.63) is 97.3 Å². The summed E-state index contributed by atoms with van der Waals surface area (Å²) in [6.45, 7) is 20.2. The number of aliphatic imine (C=N–C) groups is 3. The molecule has 3 nitrogen and oxygen atoms in total. The van der Waals surface area contributed by atoms with Crippen molar-refractivity contribution in [1.29, 1.82) is 0 Å². The minimum atomic E-state index is -0.280. The Morgan fingerprint density at radius 2 is 1.94 bits per heavy atom. The molecule has 0 aliphatic carbocycles. The fraction of sp³-hybridized carbons (Fsp3) is 0.321. The van der Waals surface area contributed by atoms with Crippen molar-refractivity contribution >= 4 is 17.6 Å². The monoisotopic (exact) mass is 413 g/mol. The first kappa shape index (κ1) is 24.2. The van der Waals surface area contributed by atoms with Crippen LogP contribution in [-0.4, -0.2) is 29.2 Å². The second kappa shape index (κ2) is 11.4. The number of rotatable bonds is 10. The lowest BCUT2D eigenvalue weighted by atomic mass is 9.78. The molecule has 2 rings (SSSR count). The van der Waals surface area contributed by atoms with Gasteiger partial charge < -0.3 is 0 Å². The van der Waals surface area contributed by atoms with Crippen molar-refractivity contribution < 1.29 is 0 Å². The number of benzene rings is 1. The number of hydrogen-bond donors (Lipinski definition) is 0. The van der Waals surface area contributed by atoms with E-state index >= 15 is 0 Å². The van der Waals surface area contributed by atoms with Gasteiger partial charge in [0, 0.05) is 23.4 Å². The van der Waals surface area contributed by atoms with E-state index in [-0.39, 0.29) is 17.5 Å². The largest absolute Gasteiger partial charge is 0.283 e. The summed E-state index contributed by atoms with van der Waals surface area (Å²) in [6, 6.07) is 8.31. The van der Waals surface area contributed by atoms with Crippen LogP contribution in [0.25, 0.3) is 0 Å². The zero-order chi connectivity index (χ0) is 22.9. The van der Waals surface area contributed by atoms with Crippen LogP contribution in [0.1, 0.15) is 57.6 Å². The van der Waals surface area contributed by atoms with Crippen molar-refractivity contribution in [2.24, 2.45) is 15.0 Å². The molecule has 162 valence electrons. The minimum absolute atomic E-state index is 0.146. The molecule has 0 amide bonds. The van der Waals surface area contributed by atoms with E-state index in [9.17, 15) is 0 Å². The van der Waals surface area contributed by atoms with Gasteiger partial charge in [-0.05, 0) is 64.3 Å². The fourth-order valence-corrected chi connectivity index (χ4v) is 3.95. The van der Waals surface area contributed by atoms with Gasteiger partial charge in [-0.3, -0.25) is 15.0 Å². The van der Waals surface area contributed by atoms with Crippen LogP contribution < -0.4 is 0 Å². The van der Waals surface area contributed by atoms with Crippen molar-refractivity contribution in [1.82, 2.24) is 0 Å². The van der Waals surface area contributed by atoms with Crippen LogP contribution in [0, 0.1) is 0 Å². The Morgan fingerprint density at radius 3 is 2.58 bits per heavy atom. The van der Waals surface area contributed by atoms with E-state index in [2.05, 4.69) is 68.1 Å². The van der Waals surface area contributed by atoms with Gasteiger partial charge in [-0.15, -0.1) is 0 Å². The van der Waals surface area contributed by atoms with Gasteiger partial charge >= 0.3 is 0 Å². The molecule has 0 bridgehead atoms. The third kappa shape index (κ3) is 6.21. The molecule has 1 heterocycles. The third-order valence-corrected chi connectivity index (χ3v) is 5.58. The molecule has 1 aromatic carbocycles. The van der Waals surface area contributed by atoms with Crippen molar-refractivity contribution in [2.45, 2.75) is 58.0 Å². The topological polar surface area (TPSA) is 37.1 Å². The number of fused-ring (bicyclic) bond motifs is 1. The first-order valence-electron chi connectivity index (χ1n) is 10.9. The summed E-state index contributed by atoms with van der Waals surface area (Å²) in [5, 5.41) is 0. The van der Waals surface area contributed by atoms with Gasteiger partial charge in [0.05, 0.1) is 23.0 Å². The summed E-state index contributed by atoms with van der Waals surface area (Å²) in [6.07, 6.45) is 15.4. The van der Waals surface area contributed by atoms with Crippen LogP contribution in [0.15, 0.2) is 101 Å². The van der Waals surface area contributed by atoms with Gasteiger partial charge in [-0.2, -0.15) is 0 Å². The maximum Gasteiger partial charge on any atom is 0.0989 e.